The van der Waals surface area contributed by atoms with Crippen LogP contribution in [0.1, 0.15) is 24.4 Å². The highest BCUT2D eigenvalue weighted by molar-refractivity contribution is 5.37. The molecule has 1 N–H and O–H groups in total. The van der Waals surface area contributed by atoms with Gasteiger partial charge in [0.2, 0.25) is 0 Å². The number of nitrogens with one attached hydrogen (secondary N) is 1. The van der Waals surface area contributed by atoms with Gasteiger partial charge in [0.1, 0.15) is 17.3 Å². The van der Waals surface area contributed by atoms with E-state index in [-0.39, 0.29) is 17.3 Å². The Hall–Kier alpha value is -1.89. The van der Waals surface area contributed by atoms with Crippen LogP contribution in [0.15, 0.2) is 12.1 Å². The van der Waals surface area contributed by atoms with E-state index in [2.05, 4.69) is 20.8 Å². The topological polar surface area (TPSA) is 55.6 Å². The van der Waals surface area contributed by atoms with Crippen molar-refractivity contribution >= 4 is 0 Å². The molecular weight excluding hydrogens is 240 g/mol. The van der Waals surface area contributed by atoms with E-state index in [9.17, 15) is 8.78 Å². The summed E-state index contributed by atoms with van der Waals surface area (Å²) in [4.78, 5) is 0. The standard InChI is InChI=1S/C11H13F2N5/c1-6-4-9(13)10(5-8(6)12)18-11(7(2)14-3)15-16-17-18/h4-5,7,14H,1-3H3. The van der Waals surface area contributed by atoms with Crippen molar-refractivity contribution in [3.05, 3.63) is 35.2 Å². The molecule has 96 valence electrons. The van der Waals surface area contributed by atoms with E-state index in [0.717, 1.165) is 12.1 Å². The molecular formula is C11H13F2N5. The summed E-state index contributed by atoms with van der Waals surface area (Å²) in [5.41, 5.74) is 0.243. The first-order valence-electron chi connectivity index (χ1n) is 5.46. The number of nitrogens with zero attached hydrogens (tertiary/aromatic N) is 4. The monoisotopic (exact) mass is 253 g/mol. The molecule has 1 aromatic carbocycles. The predicted octanol–water partition coefficient (Wildman–Crippen LogP) is 1.53. The quantitative estimate of drug-likeness (QED) is 0.901. The first-order chi connectivity index (χ1) is 8.54. The summed E-state index contributed by atoms with van der Waals surface area (Å²) in [6.45, 7) is 3.32. The molecule has 0 fully saturated rings. The average Bonchev–Trinajstić information content (AvgIpc) is 2.81. The van der Waals surface area contributed by atoms with Crippen LogP contribution in [-0.4, -0.2) is 27.3 Å². The Labute approximate surface area is 103 Å². The zero-order chi connectivity index (χ0) is 13.3. The third-order valence-corrected chi connectivity index (χ3v) is 2.77. The van der Waals surface area contributed by atoms with E-state index in [1.165, 1.54) is 11.6 Å². The fourth-order valence-electron chi connectivity index (χ4n) is 1.56. The molecule has 0 bridgehead atoms. The smallest absolute Gasteiger partial charge is 0.173 e. The molecule has 0 saturated carbocycles. The Kier molecular flexibility index (Phi) is 3.33. The molecule has 18 heavy (non-hydrogen) atoms. The second-order valence-electron chi connectivity index (χ2n) is 4.01. The summed E-state index contributed by atoms with van der Waals surface area (Å²) in [6, 6.07) is 2.04. The Morgan fingerprint density at radius 2 is 2.00 bits per heavy atom. The van der Waals surface area contributed by atoms with Gasteiger partial charge < -0.3 is 5.32 Å². The largest absolute Gasteiger partial charge is 0.311 e. The number of benzene rings is 1. The lowest BCUT2D eigenvalue weighted by Crippen LogP contribution is -2.18. The van der Waals surface area contributed by atoms with Gasteiger partial charge in [-0.2, -0.15) is 4.68 Å². The van der Waals surface area contributed by atoms with Crippen LogP contribution in [-0.2, 0) is 0 Å². The lowest BCUT2D eigenvalue weighted by Gasteiger charge is -2.11. The summed E-state index contributed by atoms with van der Waals surface area (Å²) >= 11 is 0. The number of hydrogen-bond donors (Lipinski definition) is 1. The van der Waals surface area contributed by atoms with Crippen molar-refractivity contribution in [2.45, 2.75) is 19.9 Å². The fraction of sp³-hybridized carbons (Fsp3) is 0.364. The van der Waals surface area contributed by atoms with Crippen LogP contribution < -0.4 is 5.32 Å². The summed E-state index contributed by atoms with van der Waals surface area (Å²) in [6.07, 6.45) is 0. The minimum absolute atomic E-state index is 0.000185. The Balaban J connectivity index is 2.56. The maximum absolute atomic E-state index is 13.8. The van der Waals surface area contributed by atoms with E-state index in [0.29, 0.717) is 5.82 Å². The van der Waals surface area contributed by atoms with Gasteiger partial charge in [0, 0.05) is 6.07 Å². The third kappa shape index (κ3) is 2.08. The highest BCUT2D eigenvalue weighted by Crippen LogP contribution is 2.20. The Morgan fingerprint density at radius 3 is 2.67 bits per heavy atom. The van der Waals surface area contributed by atoms with Crippen molar-refractivity contribution in [1.82, 2.24) is 25.5 Å². The number of hydrogen-bond acceptors (Lipinski definition) is 4. The summed E-state index contributed by atoms with van der Waals surface area (Å²) < 4.78 is 28.5. The van der Waals surface area contributed by atoms with Crippen molar-refractivity contribution in [2.75, 3.05) is 7.05 Å². The maximum atomic E-state index is 13.8. The number of halogens is 2. The number of aryl methyl sites for hydroxylation is 1. The Bertz CT molecular complexity index is 567. The van der Waals surface area contributed by atoms with Gasteiger partial charge in [-0.25, -0.2) is 8.78 Å². The summed E-state index contributed by atoms with van der Waals surface area (Å²) in [5.74, 6) is -0.643. The molecule has 2 rings (SSSR count). The molecule has 1 heterocycles. The molecule has 0 radical (unpaired) electrons. The third-order valence-electron chi connectivity index (χ3n) is 2.77. The molecule has 5 nitrogen and oxygen atoms in total. The molecule has 2 aromatic rings. The van der Waals surface area contributed by atoms with E-state index >= 15 is 0 Å². The van der Waals surface area contributed by atoms with Crippen molar-refractivity contribution < 1.29 is 8.78 Å². The SMILES string of the molecule is CNC(C)c1nnnn1-c1cc(F)c(C)cc1F. The van der Waals surface area contributed by atoms with Crippen molar-refractivity contribution in [1.29, 1.82) is 0 Å². The number of aromatic nitrogens is 4. The second-order valence-corrected chi connectivity index (χ2v) is 4.01. The minimum Gasteiger partial charge on any atom is -0.311 e. The van der Waals surface area contributed by atoms with Gasteiger partial charge >= 0.3 is 0 Å². The summed E-state index contributed by atoms with van der Waals surface area (Å²) in [7, 11) is 1.73. The number of rotatable bonds is 3. The fourth-order valence-corrected chi connectivity index (χ4v) is 1.56. The summed E-state index contributed by atoms with van der Waals surface area (Å²) in [5, 5.41) is 13.9. The van der Waals surface area contributed by atoms with E-state index in [4.69, 9.17) is 0 Å². The first kappa shape index (κ1) is 12.6. The molecule has 1 aromatic heterocycles. The van der Waals surface area contributed by atoms with Gasteiger partial charge in [-0.15, -0.1) is 5.10 Å². The van der Waals surface area contributed by atoms with Crippen molar-refractivity contribution in [3.8, 4) is 5.69 Å². The molecule has 0 amide bonds. The van der Waals surface area contributed by atoms with Crippen molar-refractivity contribution in [2.24, 2.45) is 0 Å². The molecule has 0 aliphatic carbocycles. The molecule has 0 spiro atoms. The Morgan fingerprint density at radius 1 is 1.28 bits per heavy atom. The van der Waals surface area contributed by atoms with Gasteiger partial charge in [-0.1, -0.05) is 0 Å². The van der Waals surface area contributed by atoms with Gasteiger partial charge in [-0.3, -0.25) is 0 Å². The van der Waals surface area contributed by atoms with Crippen molar-refractivity contribution in [3.63, 3.8) is 0 Å². The zero-order valence-electron chi connectivity index (χ0n) is 10.3. The lowest BCUT2D eigenvalue weighted by atomic mass is 10.2. The van der Waals surface area contributed by atoms with Crippen LogP contribution in [0.25, 0.3) is 5.69 Å². The van der Waals surface area contributed by atoms with Crippen LogP contribution in [0, 0.1) is 18.6 Å². The van der Waals surface area contributed by atoms with Crippen LogP contribution in [0.2, 0.25) is 0 Å². The molecule has 0 aliphatic rings. The molecule has 7 heteroatoms. The van der Waals surface area contributed by atoms with E-state index in [1.54, 1.807) is 7.05 Å². The van der Waals surface area contributed by atoms with Crippen LogP contribution in [0.5, 0.6) is 0 Å². The van der Waals surface area contributed by atoms with Crippen LogP contribution in [0.3, 0.4) is 0 Å². The maximum Gasteiger partial charge on any atom is 0.173 e. The lowest BCUT2D eigenvalue weighted by molar-refractivity contribution is 0.554. The van der Waals surface area contributed by atoms with Crippen LogP contribution >= 0.6 is 0 Å². The molecule has 0 saturated heterocycles. The average molecular weight is 253 g/mol. The molecule has 1 unspecified atom stereocenters. The van der Waals surface area contributed by atoms with Gasteiger partial charge in [0.05, 0.1) is 6.04 Å². The molecule has 1 atom stereocenters. The van der Waals surface area contributed by atoms with E-state index < -0.39 is 11.6 Å². The highest BCUT2D eigenvalue weighted by atomic mass is 19.1. The van der Waals surface area contributed by atoms with Gasteiger partial charge in [0.25, 0.3) is 0 Å². The zero-order valence-corrected chi connectivity index (χ0v) is 10.3. The predicted molar refractivity (Wildman–Crippen MR) is 61.3 cm³/mol. The first-order valence-corrected chi connectivity index (χ1v) is 5.46. The highest BCUT2D eigenvalue weighted by Gasteiger charge is 2.18. The molecule has 0 aliphatic heterocycles. The number of tetrazole rings is 1. The minimum atomic E-state index is -0.564. The van der Waals surface area contributed by atoms with Gasteiger partial charge in [-0.05, 0) is 43.0 Å². The normalized spacial score (nSPS) is 12.7. The van der Waals surface area contributed by atoms with Crippen LogP contribution in [0.4, 0.5) is 8.78 Å². The second kappa shape index (κ2) is 4.77. The van der Waals surface area contributed by atoms with Gasteiger partial charge in [0.15, 0.2) is 5.82 Å². The van der Waals surface area contributed by atoms with E-state index in [1.807, 2.05) is 6.92 Å².